The maximum absolute atomic E-state index is 12.0. The number of hydrogen-bond donors (Lipinski definition) is 3. The van der Waals surface area contributed by atoms with Gasteiger partial charge in [0.15, 0.2) is 0 Å². The number of aliphatic hydroxyl groups is 1. The second kappa shape index (κ2) is 6.55. The molecule has 6 heteroatoms. The third kappa shape index (κ3) is 3.59. The highest BCUT2D eigenvalue weighted by Gasteiger charge is 2.21. The Hall–Kier alpha value is -1.84. The average Bonchev–Trinajstić information content (AvgIpc) is 3.00. The van der Waals surface area contributed by atoms with E-state index in [9.17, 15) is 9.59 Å². The first kappa shape index (κ1) is 14.6. The second-order valence-electron chi connectivity index (χ2n) is 4.60. The zero-order chi connectivity index (χ0) is 14.5. The van der Waals surface area contributed by atoms with E-state index in [4.69, 9.17) is 5.11 Å². The van der Waals surface area contributed by atoms with Crippen molar-refractivity contribution < 1.29 is 14.7 Å². The van der Waals surface area contributed by atoms with Crippen molar-refractivity contribution in [1.82, 2.24) is 10.6 Å². The molecular formula is C14H16N2O3S. The Kier molecular flexibility index (Phi) is 4.77. The van der Waals surface area contributed by atoms with Crippen LogP contribution in [0.25, 0.3) is 0 Å². The van der Waals surface area contributed by atoms with E-state index in [1.807, 2.05) is 6.92 Å². The number of thiophene rings is 1. The smallest absolute Gasteiger partial charge is 0.261 e. The van der Waals surface area contributed by atoms with Crippen LogP contribution in [0.3, 0.4) is 0 Å². The van der Waals surface area contributed by atoms with Gasteiger partial charge in [0.05, 0.1) is 9.75 Å². The first-order valence-corrected chi connectivity index (χ1v) is 7.19. The van der Waals surface area contributed by atoms with Gasteiger partial charge in [0, 0.05) is 19.0 Å². The quantitative estimate of drug-likeness (QED) is 0.706. The highest BCUT2D eigenvalue weighted by atomic mass is 32.1. The van der Waals surface area contributed by atoms with Gasteiger partial charge in [-0.2, -0.15) is 0 Å². The van der Waals surface area contributed by atoms with Crippen molar-refractivity contribution in [2.24, 2.45) is 0 Å². The molecule has 1 aliphatic heterocycles. The van der Waals surface area contributed by atoms with Gasteiger partial charge < -0.3 is 15.7 Å². The molecule has 1 aliphatic rings. The number of rotatable bonds is 3. The van der Waals surface area contributed by atoms with E-state index in [2.05, 4.69) is 22.5 Å². The summed E-state index contributed by atoms with van der Waals surface area (Å²) in [4.78, 5) is 24.5. The van der Waals surface area contributed by atoms with E-state index in [0.29, 0.717) is 17.8 Å². The minimum Gasteiger partial charge on any atom is -0.384 e. The maximum Gasteiger partial charge on any atom is 0.261 e. The molecule has 2 amide bonds. The highest BCUT2D eigenvalue weighted by Crippen LogP contribution is 2.20. The third-order valence-corrected chi connectivity index (χ3v) is 4.17. The summed E-state index contributed by atoms with van der Waals surface area (Å²) in [6.07, 6.45) is 1.29. The van der Waals surface area contributed by atoms with Gasteiger partial charge in [0.2, 0.25) is 5.91 Å². The Labute approximate surface area is 121 Å². The molecule has 0 saturated carbocycles. The summed E-state index contributed by atoms with van der Waals surface area (Å²) in [5.74, 6) is 5.28. The van der Waals surface area contributed by atoms with Crippen molar-refractivity contribution >= 4 is 23.2 Å². The fourth-order valence-electron chi connectivity index (χ4n) is 1.97. The van der Waals surface area contributed by atoms with Crippen LogP contribution in [0, 0.1) is 18.8 Å². The lowest BCUT2D eigenvalue weighted by atomic mass is 10.2. The lowest BCUT2D eigenvalue weighted by Crippen LogP contribution is -2.38. The average molecular weight is 292 g/mol. The largest absolute Gasteiger partial charge is 0.384 e. The minimum atomic E-state index is -0.194. The maximum atomic E-state index is 12.0. The second-order valence-corrected chi connectivity index (χ2v) is 5.65. The lowest BCUT2D eigenvalue weighted by molar-refractivity contribution is -0.119. The van der Waals surface area contributed by atoms with Crippen LogP contribution in [0.5, 0.6) is 0 Å². The van der Waals surface area contributed by atoms with Crippen molar-refractivity contribution in [3.8, 4) is 11.8 Å². The van der Waals surface area contributed by atoms with Crippen LogP contribution in [0.2, 0.25) is 0 Å². The predicted molar refractivity (Wildman–Crippen MR) is 76.5 cm³/mol. The molecular weight excluding hydrogens is 276 g/mol. The van der Waals surface area contributed by atoms with Gasteiger partial charge in [-0.25, -0.2) is 0 Å². The number of aliphatic hydroxyl groups excluding tert-OH is 1. The van der Waals surface area contributed by atoms with Gasteiger partial charge in [0.1, 0.15) is 6.61 Å². The standard InChI is InChI=1S/C14H16N2O3S/c1-9-7-12(20-11(9)3-2-6-17)14(19)15-8-10-4-5-13(18)16-10/h7,10,17H,4-6,8H2,1H3,(H,15,19)(H,16,18). The fourth-order valence-corrected chi connectivity index (χ4v) is 2.93. The molecule has 0 aromatic carbocycles. The summed E-state index contributed by atoms with van der Waals surface area (Å²) >= 11 is 1.31. The number of hydrogen-bond acceptors (Lipinski definition) is 4. The number of carbonyl (C=O) groups excluding carboxylic acids is 2. The zero-order valence-corrected chi connectivity index (χ0v) is 12.0. The number of amides is 2. The first-order chi connectivity index (χ1) is 9.60. The Morgan fingerprint density at radius 3 is 3.10 bits per heavy atom. The molecule has 20 heavy (non-hydrogen) atoms. The van der Waals surface area contributed by atoms with E-state index >= 15 is 0 Å². The van der Waals surface area contributed by atoms with E-state index in [-0.39, 0.29) is 24.5 Å². The van der Waals surface area contributed by atoms with E-state index in [1.165, 1.54) is 11.3 Å². The number of aryl methyl sites for hydroxylation is 1. The molecule has 2 heterocycles. The minimum absolute atomic E-state index is 0.0289. The number of nitrogens with one attached hydrogen (secondary N) is 2. The molecule has 5 nitrogen and oxygen atoms in total. The van der Waals surface area contributed by atoms with Crippen LogP contribution < -0.4 is 10.6 Å². The molecule has 0 radical (unpaired) electrons. The van der Waals surface area contributed by atoms with Gasteiger partial charge in [0.25, 0.3) is 5.91 Å². The molecule has 2 rings (SSSR count). The Balaban J connectivity index is 1.94. The van der Waals surface area contributed by atoms with Gasteiger partial charge in [-0.1, -0.05) is 11.8 Å². The van der Waals surface area contributed by atoms with Crippen LogP contribution in [0.15, 0.2) is 6.07 Å². The van der Waals surface area contributed by atoms with Gasteiger partial charge in [-0.05, 0) is 25.0 Å². The molecule has 106 valence electrons. The van der Waals surface area contributed by atoms with Crippen molar-refractivity contribution in [2.75, 3.05) is 13.2 Å². The molecule has 0 aliphatic carbocycles. The Bertz CT molecular complexity index is 583. The van der Waals surface area contributed by atoms with Crippen LogP contribution >= 0.6 is 11.3 Å². The monoisotopic (exact) mass is 292 g/mol. The molecule has 1 fully saturated rings. The Morgan fingerprint density at radius 2 is 2.45 bits per heavy atom. The number of carbonyl (C=O) groups is 2. The van der Waals surface area contributed by atoms with E-state index in [1.54, 1.807) is 6.07 Å². The van der Waals surface area contributed by atoms with Crippen LogP contribution in [-0.4, -0.2) is 36.1 Å². The summed E-state index contributed by atoms with van der Waals surface area (Å²) in [5.41, 5.74) is 0.926. The summed E-state index contributed by atoms with van der Waals surface area (Å²) in [6, 6.07) is 1.82. The summed E-state index contributed by atoms with van der Waals surface area (Å²) in [5, 5.41) is 14.3. The van der Waals surface area contributed by atoms with Crippen LogP contribution in [-0.2, 0) is 4.79 Å². The highest BCUT2D eigenvalue weighted by molar-refractivity contribution is 7.14. The van der Waals surface area contributed by atoms with Crippen LogP contribution in [0.1, 0.15) is 33.0 Å². The SMILES string of the molecule is Cc1cc(C(=O)NCC2CCC(=O)N2)sc1C#CCO. The van der Waals surface area contributed by atoms with Gasteiger partial charge in [-0.15, -0.1) is 11.3 Å². The van der Waals surface area contributed by atoms with E-state index in [0.717, 1.165) is 16.9 Å². The summed E-state index contributed by atoms with van der Waals surface area (Å²) < 4.78 is 0. The molecule has 1 aromatic rings. The molecule has 3 N–H and O–H groups in total. The van der Waals surface area contributed by atoms with Gasteiger partial charge >= 0.3 is 0 Å². The van der Waals surface area contributed by atoms with Crippen molar-refractivity contribution in [3.05, 3.63) is 21.4 Å². The predicted octanol–water partition coefficient (Wildman–Crippen LogP) is 0.409. The summed E-state index contributed by atoms with van der Waals surface area (Å²) in [7, 11) is 0. The third-order valence-electron chi connectivity index (χ3n) is 3.02. The normalized spacial score (nSPS) is 17.3. The molecule has 1 unspecified atom stereocenters. The van der Waals surface area contributed by atoms with Crippen molar-refractivity contribution in [3.63, 3.8) is 0 Å². The zero-order valence-electron chi connectivity index (χ0n) is 11.2. The fraction of sp³-hybridized carbons (Fsp3) is 0.429. The molecule has 0 bridgehead atoms. The van der Waals surface area contributed by atoms with Crippen molar-refractivity contribution in [1.29, 1.82) is 0 Å². The topological polar surface area (TPSA) is 78.4 Å². The first-order valence-electron chi connectivity index (χ1n) is 6.38. The van der Waals surface area contributed by atoms with Gasteiger partial charge in [-0.3, -0.25) is 9.59 Å². The summed E-state index contributed by atoms with van der Waals surface area (Å²) in [6.45, 7) is 2.13. The molecule has 0 spiro atoms. The van der Waals surface area contributed by atoms with Crippen molar-refractivity contribution in [2.45, 2.75) is 25.8 Å². The Morgan fingerprint density at radius 1 is 1.65 bits per heavy atom. The molecule has 1 atom stereocenters. The molecule has 1 aromatic heterocycles. The molecule has 1 saturated heterocycles. The van der Waals surface area contributed by atoms with E-state index < -0.39 is 0 Å². The van der Waals surface area contributed by atoms with Crippen LogP contribution in [0.4, 0.5) is 0 Å². The lowest BCUT2D eigenvalue weighted by Gasteiger charge is -2.10.